The van der Waals surface area contributed by atoms with Gasteiger partial charge in [-0.1, -0.05) is 6.07 Å². The van der Waals surface area contributed by atoms with Crippen molar-refractivity contribution in [2.24, 2.45) is 0 Å². The summed E-state index contributed by atoms with van der Waals surface area (Å²) in [5, 5.41) is 10.0. The molecule has 0 aliphatic carbocycles. The van der Waals surface area contributed by atoms with Gasteiger partial charge in [0, 0.05) is 5.56 Å². The molecule has 0 fully saturated rings. The molecular formula is C16H12F6O. The predicted molar refractivity (Wildman–Crippen MR) is 73.0 cm³/mol. The first-order valence-electron chi connectivity index (χ1n) is 6.49. The zero-order valence-electron chi connectivity index (χ0n) is 12.1. The zero-order valence-corrected chi connectivity index (χ0v) is 12.1. The van der Waals surface area contributed by atoms with Gasteiger partial charge in [-0.05, 0) is 54.8 Å². The normalized spacial score (nSPS) is 12.5. The molecule has 2 aromatic rings. The molecule has 0 spiro atoms. The molecule has 0 saturated carbocycles. The molecule has 0 aromatic heterocycles. The fourth-order valence-electron chi connectivity index (χ4n) is 2.29. The number of alkyl halides is 6. The van der Waals surface area contributed by atoms with Gasteiger partial charge < -0.3 is 5.11 Å². The molecule has 0 aliphatic heterocycles. The van der Waals surface area contributed by atoms with Gasteiger partial charge >= 0.3 is 12.4 Å². The highest BCUT2D eigenvalue weighted by molar-refractivity contribution is 5.74. The largest absolute Gasteiger partial charge is 0.507 e. The highest BCUT2D eigenvalue weighted by Gasteiger charge is 2.37. The van der Waals surface area contributed by atoms with Crippen molar-refractivity contribution in [3.63, 3.8) is 0 Å². The molecule has 0 radical (unpaired) electrons. The van der Waals surface area contributed by atoms with Gasteiger partial charge in [-0.2, -0.15) is 26.3 Å². The molecular weight excluding hydrogens is 322 g/mol. The van der Waals surface area contributed by atoms with E-state index in [0.717, 1.165) is 0 Å². The van der Waals surface area contributed by atoms with Gasteiger partial charge in [0.1, 0.15) is 5.75 Å². The van der Waals surface area contributed by atoms with Gasteiger partial charge in [0.15, 0.2) is 0 Å². The topological polar surface area (TPSA) is 20.2 Å². The summed E-state index contributed by atoms with van der Waals surface area (Å²) in [6.45, 7) is 3.15. The first-order chi connectivity index (χ1) is 10.4. The summed E-state index contributed by atoms with van der Waals surface area (Å²) in [4.78, 5) is 0. The quantitative estimate of drug-likeness (QED) is 0.662. The van der Waals surface area contributed by atoms with Crippen molar-refractivity contribution in [2.45, 2.75) is 26.2 Å². The van der Waals surface area contributed by atoms with Crippen LogP contribution in [0.25, 0.3) is 11.1 Å². The highest BCUT2D eigenvalue weighted by atomic mass is 19.4. The van der Waals surface area contributed by atoms with Crippen molar-refractivity contribution in [2.75, 3.05) is 0 Å². The van der Waals surface area contributed by atoms with Crippen LogP contribution in [0.5, 0.6) is 5.75 Å². The molecule has 0 saturated heterocycles. The Balaban J connectivity index is 2.77. The molecule has 1 N–H and O–H groups in total. The monoisotopic (exact) mass is 334 g/mol. The Kier molecular flexibility index (Phi) is 4.09. The average molecular weight is 334 g/mol. The highest BCUT2D eigenvalue weighted by Crippen LogP contribution is 2.41. The first-order valence-corrected chi connectivity index (χ1v) is 6.49. The van der Waals surface area contributed by atoms with E-state index in [1.165, 1.54) is 13.0 Å². The van der Waals surface area contributed by atoms with Crippen LogP contribution in [0.15, 0.2) is 30.3 Å². The molecule has 2 rings (SSSR count). The molecule has 7 heteroatoms. The predicted octanol–water partition coefficient (Wildman–Crippen LogP) is 5.71. The SMILES string of the molecule is Cc1cc(C)c(O)c(-c2cc(C(F)(F)F)cc(C(F)(F)F)c2)c1. The number of phenolic OH excluding ortho intramolecular Hbond substituents is 1. The number of rotatable bonds is 1. The van der Waals surface area contributed by atoms with Gasteiger partial charge in [0.25, 0.3) is 0 Å². The second-order valence-corrected chi connectivity index (χ2v) is 5.27. The summed E-state index contributed by atoms with van der Waals surface area (Å²) >= 11 is 0. The molecule has 124 valence electrons. The molecule has 0 unspecified atom stereocenters. The minimum absolute atomic E-state index is 0.0587. The van der Waals surface area contributed by atoms with E-state index in [9.17, 15) is 31.4 Å². The van der Waals surface area contributed by atoms with E-state index in [4.69, 9.17) is 0 Å². The van der Waals surface area contributed by atoms with E-state index in [2.05, 4.69) is 0 Å². The van der Waals surface area contributed by atoms with Crippen LogP contribution in [0.4, 0.5) is 26.3 Å². The molecule has 0 bridgehead atoms. The molecule has 1 nitrogen and oxygen atoms in total. The fraction of sp³-hybridized carbons (Fsp3) is 0.250. The summed E-state index contributed by atoms with van der Waals surface area (Å²) in [7, 11) is 0. The summed E-state index contributed by atoms with van der Waals surface area (Å²) in [5.74, 6) is -0.344. The Morgan fingerprint density at radius 3 is 1.65 bits per heavy atom. The standard InChI is InChI=1S/C16H12F6O/c1-8-3-9(2)14(23)13(4-8)10-5-11(15(17,18)19)7-12(6-10)16(20,21)22/h3-7,23H,1-2H3. The van der Waals surface area contributed by atoms with E-state index in [1.807, 2.05) is 0 Å². The lowest BCUT2D eigenvalue weighted by Crippen LogP contribution is -2.11. The van der Waals surface area contributed by atoms with Crippen LogP contribution in [-0.2, 0) is 12.4 Å². The summed E-state index contributed by atoms with van der Waals surface area (Å²) in [5.41, 5.74) is -2.26. The Labute approximate surface area is 128 Å². The van der Waals surface area contributed by atoms with Crippen LogP contribution in [0.2, 0.25) is 0 Å². The van der Waals surface area contributed by atoms with Crippen molar-refractivity contribution in [3.8, 4) is 16.9 Å². The van der Waals surface area contributed by atoms with Crippen molar-refractivity contribution in [1.29, 1.82) is 0 Å². The molecule has 0 aliphatic rings. The van der Waals surface area contributed by atoms with Gasteiger partial charge in [-0.15, -0.1) is 0 Å². The Morgan fingerprint density at radius 1 is 0.739 bits per heavy atom. The van der Waals surface area contributed by atoms with E-state index < -0.39 is 23.5 Å². The smallest absolute Gasteiger partial charge is 0.416 e. The summed E-state index contributed by atoms with van der Waals surface area (Å²) < 4.78 is 77.3. The number of phenols is 1. The third-order valence-electron chi connectivity index (χ3n) is 3.34. The van der Waals surface area contributed by atoms with Crippen LogP contribution in [0.3, 0.4) is 0 Å². The van der Waals surface area contributed by atoms with Crippen molar-refractivity contribution >= 4 is 0 Å². The van der Waals surface area contributed by atoms with Gasteiger partial charge in [-0.25, -0.2) is 0 Å². The Morgan fingerprint density at radius 2 is 1.22 bits per heavy atom. The zero-order chi connectivity index (χ0) is 17.6. The van der Waals surface area contributed by atoms with Crippen LogP contribution < -0.4 is 0 Å². The maximum Gasteiger partial charge on any atom is 0.416 e. The van der Waals surface area contributed by atoms with Gasteiger partial charge in [0.2, 0.25) is 0 Å². The molecule has 0 atom stereocenters. The number of halogens is 6. The lowest BCUT2D eigenvalue weighted by atomic mass is 9.95. The van der Waals surface area contributed by atoms with E-state index >= 15 is 0 Å². The first kappa shape index (κ1) is 17.2. The second-order valence-electron chi connectivity index (χ2n) is 5.27. The van der Waals surface area contributed by atoms with Crippen LogP contribution in [0.1, 0.15) is 22.3 Å². The third kappa shape index (κ3) is 3.60. The Hall–Kier alpha value is -2.18. The van der Waals surface area contributed by atoms with Crippen molar-refractivity contribution in [3.05, 3.63) is 52.6 Å². The van der Waals surface area contributed by atoms with Gasteiger partial charge in [0.05, 0.1) is 11.1 Å². The molecule has 23 heavy (non-hydrogen) atoms. The number of hydrogen-bond acceptors (Lipinski definition) is 1. The lowest BCUT2D eigenvalue weighted by Gasteiger charge is -2.16. The number of aryl methyl sites for hydroxylation is 2. The van der Waals surface area contributed by atoms with Crippen molar-refractivity contribution < 1.29 is 31.4 Å². The molecule has 0 amide bonds. The summed E-state index contributed by atoms with van der Waals surface area (Å²) in [6.07, 6.45) is -9.85. The summed E-state index contributed by atoms with van der Waals surface area (Å²) in [6, 6.07) is 4.19. The van der Waals surface area contributed by atoms with E-state index in [1.54, 1.807) is 13.0 Å². The average Bonchev–Trinajstić information content (AvgIpc) is 2.40. The maximum absolute atomic E-state index is 12.9. The van der Waals surface area contributed by atoms with Crippen molar-refractivity contribution in [1.82, 2.24) is 0 Å². The molecule has 2 aromatic carbocycles. The molecule has 0 heterocycles. The lowest BCUT2D eigenvalue weighted by molar-refractivity contribution is -0.143. The van der Waals surface area contributed by atoms with Crippen LogP contribution in [-0.4, -0.2) is 5.11 Å². The van der Waals surface area contributed by atoms with Crippen LogP contribution >= 0.6 is 0 Å². The van der Waals surface area contributed by atoms with E-state index in [0.29, 0.717) is 23.3 Å². The Bertz CT molecular complexity index is 711. The third-order valence-corrected chi connectivity index (χ3v) is 3.34. The number of hydrogen-bond donors (Lipinski definition) is 1. The maximum atomic E-state index is 12.9. The van der Waals surface area contributed by atoms with Crippen LogP contribution in [0, 0.1) is 13.8 Å². The number of benzene rings is 2. The fourth-order valence-corrected chi connectivity index (χ4v) is 2.29. The van der Waals surface area contributed by atoms with E-state index in [-0.39, 0.29) is 22.9 Å². The minimum atomic E-state index is -4.93. The minimum Gasteiger partial charge on any atom is -0.507 e. The van der Waals surface area contributed by atoms with Gasteiger partial charge in [-0.3, -0.25) is 0 Å². The second kappa shape index (κ2) is 5.47. The number of aromatic hydroxyl groups is 1.